The van der Waals surface area contributed by atoms with Gasteiger partial charge in [0.25, 0.3) is 0 Å². The maximum atomic E-state index is 5.89. The van der Waals surface area contributed by atoms with Crippen molar-refractivity contribution >= 4 is 34.1 Å². The molecule has 0 atom stereocenters. The summed E-state index contributed by atoms with van der Waals surface area (Å²) in [5.41, 5.74) is 42.4. The van der Waals surface area contributed by atoms with Gasteiger partial charge < -0.3 is 34.4 Å². The van der Waals surface area contributed by atoms with E-state index in [1.807, 2.05) is 60.7 Å². The smallest absolute Gasteiger partial charge is 0.0415 e. The zero-order valence-corrected chi connectivity index (χ0v) is 16.5. The van der Waals surface area contributed by atoms with E-state index >= 15 is 0 Å². The molecule has 0 spiro atoms. The van der Waals surface area contributed by atoms with Crippen LogP contribution in [0, 0.1) is 0 Å². The van der Waals surface area contributed by atoms with Crippen molar-refractivity contribution in [2.24, 2.45) is 0 Å². The average Bonchev–Trinajstić information content (AvgIpc) is 2.71. The van der Waals surface area contributed by atoms with Gasteiger partial charge in [0.2, 0.25) is 0 Å². The number of benzene rings is 4. The Balaban J connectivity index is 0.000000172. The maximum Gasteiger partial charge on any atom is 0.0415 e. The van der Waals surface area contributed by atoms with Crippen LogP contribution in [0.15, 0.2) is 84.9 Å². The Morgan fingerprint density at radius 3 is 0.933 bits per heavy atom. The summed E-state index contributed by atoms with van der Waals surface area (Å²) in [6.45, 7) is 0. The first-order chi connectivity index (χ1) is 14.3. The summed E-state index contributed by atoms with van der Waals surface area (Å²) >= 11 is 0. The molecule has 6 heteroatoms. The van der Waals surface area contributed by atoms with Gasteiger partial charge in [-0.1, -0.05) is 36.4 Å². The Morgan fingerprint density at radius 1 is 0.333 bits per heavy atom. The van der Waals surface area contributed by atoms with Crippen LogP contribution in [0.2, 0.25) is 0 Å². The quantitative estimate of drug-likeness (QED) is 0.278. The summed E-state index contributed by atoms with van der Waals surface area (Å²) < 4.78 is 0. The number of nitrogen functional groups attached to an aromatic ring is 6. The fourth-order valence-electron chi connectivity index (χ4n) is 3.00. The largest absolute Gasteiger partial charge is 0.399 e. The molecular weight excluding hydrogens is 372 g/mol. The van der Waals surface area contributed by atoms with Gasteiger partial charge in [0.15, 0.2) is 0 Å². The second-order valence-corrected chi connectivity index (χ2v) is 6.94. The van der Waals surface area contributed by atoms with Crippen molar-refractivity contribution in [3.05, 3.63) is 84.9 Å². The zero-order chi connectivity index (χ0) is 21.7. The van der Waals surface area contributed by atoms with Crippen LogP contribution in [-0.4, -0.2) is 0 Å². The van der Waals surface area contributed by atoms with Gasteiger partial charge in [-0.3, -0.25) is 0 Å². The predicted octanol–water partition coefficient (Wildman–Crippen LogP) is 4.20. The van der Waals surface area contributed by atoms with Crippen molar-refractivity contribution in [1.82, 2.24) is 0 Å². The molecule has 0 unspecified atom stereocenters. The van der Waals surface area contributed by atoms with Crippen LogP contribution in [0.5, 0.6) is 0 Å². The van der Waals surface area contributed by atoms with Crippen LogP contribution >= 0.6 is 0 Å². The minimum Gasteiger partial charge on any atom is -0.399 e. The Kier molecular flexibility index (Phi) is 5.98. The summed E-state index contributed by atoms with van der Waals surface area (Å²) in [5.74, 6) is 0. The molecule has 0 saturated heterocycles. The Labute approximate surface area is 176 Å². The first kappa shape index (κ1) is 20.4. The lowest BCUT2D eigenvalue weighted by molar-refractivity contribution is 1.59. The number of anilines is 6. The molecule has 30 heavy (non-hydrogen) atoms. The van der Waals surface area contributed by atoms with Gasteiger partial charge in [0.1, 0.15) is 0 Å². The number of hydrogen-bond donors (Lipinski definition) is 6. The lowest BCUT2D eigenvalue weighted by atomic mass is 10.0. The normalized spacial score (nSPS) is 10.1. The lowest BCUT2D eigenvalue weighted by Gasteiger charge is -2.10. The first-order valence-electron chi connectivity index (χ1n) is 9.35. The maximum absolute atomic E-state index is 5.89. The topological polar surface area (TPSA) is 156 Å². The Morgan fingerprint density at radius 2 is 0.633 bits per heavy atom. The molecule has 0 aliphatic rings. The number of nitrogens with two attached hydrogens (primary N) is 6. The third kappa shape index (κ3) is 4.94. The SMILES string of the molecule is Nc1ccc(-c2ccc(N)cc2)cc1.Nc1ccc(-c2ccc(N)cc2N)c(N)c1. The minimum atomic E-state index is 0.608. The fourth-order valence-corrected chi connectivity index (χ4v) is 3.00. The predicted molar refractivity (Wildman–Crippen MR) is 130 cm³/mol. The molecule has 0 saturated carbocycles. The average molecular weight is 399 g/mol. The van der Waals surface area contributed by atoms with Gasteiger partial charge >= 0.3 is 0 Å². The highest BCUT2D eigenvalue weighted by Gasteiger charge is 2.06. The minimum absolute atomic E-state index is 0.608. The molecule has 0 heterocycles. The van der Waals surface area contributed by atoms with E-state index < -0.39 is 0 Å². The molecule has 0 bridgehead atoms. The molecule has 0 radical (unpaired) electrons. The van der Waals surface area contributed by atoms with Gasteiger partial charge in [-0.05, 0) is 59.7 Å². The number of hydrogen-bond acceptors (Lipinski definition) is 6. The molecule has 4 aromatic carbocycles. The summed E-state index contributed by atoms with van der Waals surface area (Å²) in [6, 6.07) is 26.3. The highest BCUT2D eigenvalue weighted by Crippen LogP contribution is 2.32. The van der Waals surface area contributed by atoms with E-state index in [4.69, 9.17) is 34.4 Å². The zero-order valence-electron chi connectivity index (χ0n) is 16.5. The molecule has 0 aromatic heterocycles. The highest BCUT2D eigenvalue weighted by atomic mass is 14.6. The van der Waals surface area contributed by atoms with E-state index in [1.165, 1.54) is 0 Å². The molecule has 4 aromatic rings. The van der Waals surface area contributed by atoms with Crippen molar-refractivity contribution in [1.29, 1.82) is 0 Å². The molecule has 0 amide bonds. The van der Waals surface area contributed by atoms with Crippen LogP contribution in [-0.2, 0) is 0 Å². The third-order valence-electron chi connectivity index (χ3n) is 4.60. The van der Waals surface area contributed by atoms with Crippen LogP contribution in [0.1, 0.15) is 0 Å². The summed E-state index contributed by atoms with van der Waals surface area (Å²) in [4.78, 5) is 0. The van der Waals surface area contributed by atoms with Crippen molar-refractivity contribution < 1.29 is 0 Å². The van der Waals surface area contributed by atoms with Gasteiger partial charge in [0.05, 0.1) is 0 Å². The standard InChI is InChI=1S/C12H14N4.C12H12N2/c13-7-1-3-9(11(15)5-7)10-4-2-8(14)6-12(10)16;13-11-5-1-9(2-6-11)10-3-7-12(14)8-4-10/h1-6H,13-16H2;1-8H,13-14H2. The van der Waals surface area contributed by atoms with E-state index in [-0.39, 0.29) is 0 Å². The number of rotatable bonds is 2. The molecule has 0 aliphatic heterocycles. The van der Waals surface area contributed by atoms with E-state index in [1.54, 1.807) is 24.3 Å². The summed E-state index contributed by atoms with van der Waals surface area (Å²) in [6.07, 6.45) is 0. The van der Waals surface area contributed by atoms with Crippen molar-refractivity contribution in [3.63, 3.8) is 0 Å². The summed E-state index contributed by atoms with van der Waals surface area (Å²) in [5, 5.41) is 0. The van der Waals surface area contributed by atoms with E-state index in [0.29, 0.717) is 22.7 Å². The van der Waals surface area contributed by atoms with E-state index in [9.17, 15) is 0 Å². The van der Waals surface area contributed by atoms with E-state index in [0.717, 1.165) is 33.6 Å². The summed E-state index contributed by atoms with van der Waals surface area (Å²) in [7, 11) is 0. The van der Waals surface area contributed by atoms with Crippen LogP contribution in [0.4, 0.5) is 34.1 Å². The monoisotopic (exact) mass is 398 g/mol. The molecule has 4 rings (SSSR count). The first-order valence-corrected chi connectivity index (χ1v) is 9.35. The van der Waals surface area contributed by atoms with Crippen molar-refractivity contribution in [2.75, 3.05) is 34.4 Å². The van der Waals surface area contributed by atoms with Gasteiger partial charge in [-0.2, -0.15) is 0 Å². The third-order valence-corrected chi connectivity index (χ3v) is 4.60. The Bertz CT molecular complexity index is 1040. The second-order valence-electron chi connectivity index (χ2n) is 6.94. The molecule has 6 nitrogen and oxygen atoms in total. The van der Waals surface area contributed by atoms with Crippen molar-refractivity contribution in [3.8, 4) is 22.3 Å². The van der Waals surface area contributed by atoms with E-state index in [2.05, 4.69) is 0 Å². The van der Waals surface area contributed by atoms with Gasteiger partial charge in [0, 0.05) is 45.3 Å². The Hall–Kier alpha value is -4.32. The molecule has 0 aliphatic carbocycles. The van der Waals surface area contributed by atoms with Crippen LogP contribution in [0.3, 0.4) is 0 Å². The highest BCUT2D eigenvalue weighted by molar-refractivity contribution is 5.86. The van der Waals surface area contributed by atoms with Crippen LogP contribution in [0.25, 0.3) is 22.3 Å². The lowest BCUT2D eigenvalue weighted by Crippen LogP contribution is -1.97. The molecule has 0 fully saturated rings. The molecular formula is C24H26N6. The molecule has 152 valence electrons. The van der Waals surface area contributed by atoms with Gasteiger partial charge in [-0.25, -0.2) is 0 Å². The van der Waals surface area contributed by atoms with Crippen molar-refractivity contribution in [2.45, 2.75) is 0 Å². The molecule has 12 N–H and O–H groups in total. The van der Waals surface area contributed by atoms with Crippen LogP contribution < -0.4 is 34.4 Å². The van der Waals surface area contributed by atoms with Gasteiger partial charge in [-0.15, -0.1) is 0 Å². The fraction of sp³-hybridized carbons (Fsp3) is 0. The second kappa shape index (κ2) is 8.79.